The van der Waals surface area contributed by atoms with Gasteiger partial charge in [0.1, 0.15) is 22.8 Å². The van der Waals surface area contributed by atoms with Crippen LogP contribution in [0.4, 0.5) is 18.4 Å². The second kappa shape index (κ2) is 24.3. The number of hydrogen-bond donors (Lipinski definition) is 2. The molecule has 6 heterocycles. The van der Waals surface area contributed by atoms with Crippen LogP contribution in [0.3, 0.4) is 0 Å². The molecule has 4 atom stereocenters. The average molecular weight is 1140 g/mol. The molecule has 4 unspecified atom stereocenters. The lowest BCUT2D eigenvalue weighted by Gasteiger charge is -2.46. The van der Waals surface area contributed by atoms with Crippen molar-refractivity contribution in [2.24, 2.45) is 35.5 Å². The minimum atomic E-state index is -3.50. The summed E-state index contributed by atoms with van der Waals surface area (Å²) in [6.45, 7) is 16.7. The summed E-state index contributed by atoms with van der Waals surface area (Å²) in [5, 5.41) is 17.3. The maximum atomic E-state index is 14.5. The third kappa shape index (κ3) is 16.4. The number of sulfone groups is 2. The highest BCUT2D eigenvalue weighted by Gasteiger charge is 2.44. The zero-order valence-electron chi connectivity index (χ0n) is 42.3. The zero-order chi connectivity index (χ0) is 54.3. The van der Waals surface area contributed by atoms with E-state index < -0.39 is 49.6 Å². The Morgan fingerprint density at radius 1 is 0.662 bits per heavy atom. The first-order valence-corrected chi connectivity index (χ1v) is 28.1. The molecule has 4 aliphatic rings. The first-order chi connectivity index (χ1) is 34.5. The summed E-state index contributed by atoms with van der Waals surface area (Å²) in [5.41, 5.74) is -0.778. The number of carbonyl (C=O) groups excluding carboxylic acids is 2. The van der Waals surface area contributed by atoms with Gasteiger partial charge >= 0.3 is 31.3 Å². The van der Waals surface area contributed by atoms with Gasteiger partial charge in [-0.25, -0.2) is 55.1 Å². The predicted octanol–water partition coefficient (Wildman–Crippen LogP) is 4.85. The Labute approximate surface area is 438 Å². The number of likely N-dealkylation sites (tertiary alicyclic amines) is 2. The van der Waals surface area contributed by atoms with Gasteiger partial charge in [0.15, 0.2) is 19.7 Å². The van der Waals surface area contributed by atoms with Crippen molar-refractivity contribution in [1.82, 2.24) is 29.7 Å². The fourth-order valence-corrected chi connectivity index (χ4v) is 10.2. The molecule has 2 aromatic carbocycles. The minimum absolute atomic E-state index is 0.0909. The van der Waals surface area contributed by atoms with Gasteiger partial charge in [-0.1, -0.05) is 12.1 Å². The highest BCUT2D eigenvalue weighted by atomic mass is 79.9. The summed E-state index contributed by atoms with van der Waals surface area (Å²) in [6.07, 6.45) is 7.61. The monoisotopic (exact) mass is 1140 g/mol. The van der Waals surface area contributed by atoms with E-state index in [1.807, 2.05) is 41.5 Å². The van der Waals surface area contributed by atoms with Crippen LogP contribution < -0.4 is 14.9 Å². The Morgan fingerprint density at radius 3 is 1.39 bits per heavy atom. The van der Waals surface area contributed by atoms with Crippen molar-refractivity contribution in [1.29, 1.82) is 0 Å². The van der Waals surface area contributed by atoms with E-state index in [1.54, 1.807) is 22.2 Å². The molecule has 26 heteroatoms. The van der Waals surface area contributed by atoms with Gasteiger partial charge in [0.25, 0.3) is 0 Å². The Morgan fingerprint density at radius 2 is 1.04 bits per heavy atom. The number of nitrogens with zero attached hydrogens (tertiary/aromatic N) is 6. The number of carbonyl (C=O) groups is 2. The molecule has 4 bridgehead atoms. The fraction of sp³-hybridized carbons (Fsp3) is 0.542. The van der Waals surface area contributed by atoms with E-state index in [9.17, 15) is 35.2 Å². The second-order valence-electron chi connectivity index (χ2n) is 20.5. The molecular formula is C48H62BBrF2N6O14S2. The Kier molecular flexibility index (Phi) is 19.1. The van der Waals surface area contributed by atoms with Crippen LogP contribution in [-0.2, 0) is 38.6 Å². The molecule has 2 N–H and O–H groups in total. The van der Waals surface area contributed by atoms with Crippen LogP contribution in [0.25, 0.3) is 11.1 Å². The lowest BCUT2D eigenvalue weighted by atomic mass is 9.77. The van der Waals surface area contributed by atoms with Gasteiger partial charge in [-0.3, -0.25) is 0 Å². The summed E-state index contributed by atoms with van der Waals surface area (Å²) in [6, 6.07) is 7.16. The third-order valence-electron chi connectivity index (χ3n) is 12.3. The van der Waals surface area contributed by atoms with Crippen molar-refractivity contribution in [3.63, 3.8) is 0 Å². The maximum Gasteiger partial charge on any atom is 0.491 e. The van der Waals surface area contributed by atoms with Gasteiger partial charge < -0.3 is 48.3 Å². The Hall–Kier alpha value is -5.12. The van der Waals surface area contributed by atoms with Crippen LogP contribution in [0.1, 0.15) is 41.5 Å². The summed E-state index contributed by atoms with van der Waals surface area (Å²) in [4.78, 5) is 44.8. The highest BCUT2D eigenvalue weighted by Crippen LogP contribution is 2.36. The number of ether oxygens (including phenoxy) is 6. The lowest BCUT2D eigenvalue weighted by molar-refractivity contribution is -0.0952. The first kappa shape index (κ1) is 58.2. The number of halogens is 3. The van der Waals surface area contributed by atoms with E-state index in [0.29, 0.717) is 83.3 Å². The van der Waals surface area contributed by atoms with Crippen LogP contribution in [0.5, 0.6) is 12.0 Å². The average Bonchev–Trinajstić information content (AvgIpc) is 3.29. The SMILES string of the molecule is CC(C)(C)OC(=O)N1CC2COCC(C1)C2COc1ncc(-c2ccc(S(C)(=O)=O)cc2F)cn1.CC(C)(C)OC(=O)N1CC2COCC(C1)C2COc1ncc(Br)cn1.CS(=O)(=O)c1ccc(B(O)O)c(F)c1. The molecule has 0 spiro atoms. The molecule has 0 radical (unpaired) electrons. The molecule has 8 rings (SSSR count). The van der Waals surface area contributed by atoms with Crippen molar-refractivity contribution < 1.29 is 73.7 Å². The molecule has 4 saturated heterocycles. The van der Waals surface area contributed by atoms with Crippen molar-refractivity contribution in [3.8, 4) is 23.1 Å². The molecular weight excluding hydrogens is 1080 g/mol. The number of benzene rings is 2. The van der Waals surface area contributed by atoms with Gasteiger partial charge in [-0.2, -0.15) is 0 Å². The van der Waals surface area contributed by atoms with Gasteiger partial charge in [0, 0.05) is 116 Å². The summed E-state index contributed by atoms with van der Waals surface area (Å²) in [7, 11) is -8.91. The summed E-state index contributed by atoms with van der Waals surface area (Å²) in [5.74, 6) is -0.455. The second-order valence-corrected chi connectivity index (χ2v) is 25.5. The molecule has 4 aliphatic heterocycles. The van der Waals surface area contributed by atoms with Crippen LogP contribution in [0.15, 0.2) is 75.4 Å². The molecule has 20 nitrogen and oxygen atoms in total. The van der Waals surface area contributed by atoms with Gasteiger partial charge in [-0.05, 0) is 81.7 Å². The quantitative estimate of drug-likeness (QED) is 0.201. The molecule has 4 aromatic rings. The minimum Gasteiger partial charge on any atom is -0.463 e. The number of rotatable bonds is 10. The standard InChI is InChI=1S/C24H30FN3O6S.C17H24BrN3O4.C7H8BFO4S/c1-24(2,3)34-23(29)28-10-16-12-32-13-17(11-28)20(16)14-33-22-26-8-15(9-27-22)19-6-5-18(7-21(19)25)35(4,30)31;1-17(2,3)25-16(22)21-6-11-8-23-9-12(7-21)14(11)10-24-15-19-4-13(18)5-20-15;1-14(12,13)5-2-3-6(8(10)11)7(9)4-5/h5-9,16-17,20H,10-14H2,1-4H3;4-5,11-12,14H,6-10H2,1-3H3;2-4,10-11H,1H3. The zero-order valence-corrected chi connectivity index (χ0v) is 45.5. The highest BCUT2D eigenvalue weighted by molar-refractivity contribution is 9.10. The molecule has 404 valence electrons. The molecule has 0 aliphatic carbocycles. The van der Waals surface area contributed by atoms with Crippen LogP contribution in [0, 0.1) is 47.1 Å². The molecule has 0 saturated carbocycles. The molecule has 2 amide bonds. The maximum absolute atomic E-state index is 14.5. The van der Waals surface area contributed by atoms with Gasteiger partial charge in [0.2, 0.25) is 0 Å². The van der Waals surface area contributed by atoms with Crippen LogP contribution in [-0.4, -0.2) is 165 Å². The van der Waals surface area contributed by atoms with E-state index in [2.05, 4.69) is 35.9 Å². The van der Waals surface area contributed by atoms with E-state index in [-0.39, 0.29) is 68.6 Å². The first-order valence-electron chi connectivity index (χ1n) is 23.6. The Balaban J connectivity index is 0.000000198. The predicted molar refractivity (Wildman–Crippen MR) is 269 cm³/mol. The lowest BCUT2D eigenvalue weighted by Crippen LogP contribution is -2.56. The normalized spacial score (nSPS) is 21.7. The van der Waals surface area contributed by atoms with Gasteiger partial charge in [0.05, 0.1) is 53.9 Å². The molecule has 4 fully saturated rings. The fourth-order valence-electron chi connectivity index (χ4n) is 8.69. The van der Waals surface area contributed by atoms with Crippen LogP contribution >= 0.6 is 15.9 Å². The third-order valence-corrected chi connectivity index (χ3v) is 14.9. The van der Waals surface area contributed by atoms with Crippen molar-refractivity contribution in [2.45, 2.75) is 62.5 Å². The van der Waals surface area contributed by atoms with E-state index in [1.165, 1.54) is 24.5 Å². The number of aromatic nitrogens is 4. The topological polar surface area (TPSA) is 256 Å². The van der Waals surface area contributed by atoms with E-state index in [0.717, 1.165) is 41.2 Å². The van der Waals surface area contributed by atoms with E-state index in [4.69, 9.17) is 38.5 Å². The van der Waals surface area contributed by atoms with Crippen molar-refractivity contribution in [3.05, 3.63) is 77.3 Å². The van der Waals surface area contributed by atoms with Crippen molar-refractivity contribution >= 4 is 60.4 Å². The number of fused-ring (bicyclic) bond motifs is 4. The molecule has 74 heavy (non-hydrogen) atoms. The largest absolute Gasteiger partial charge is 0.491 e. The summed E-state index contributed by atoms with van der Waals surface area (Å²) >= 11 is 3.31. The number of amides is 2. The van der Waals surface area contributed by atoms with Gasteiger partial charge in [-0.15, -0.1) is 0 Å². The smallest absolute Gasteiger partial charge is 0.463 e. The van der Waals surface area contributed by atoms with E-state index >= 15 is 0 Å². The van der Waals surface area contributed by atoms with Crippen molar-refractivity contribution in [2.75, 3.05) is 78.3 Å². The molecule has 2 aromatic heterocycles. The Bertz CT molecular complexity index is 2780. The summed E-state index contributed by atoms with van der Waals surface area (Å²) < 4.78 is 108. The van der Waals surface area contributed by atoms with Crippen LogP contribution in [0.2, 0.25) is 0 Å². The number of piperidine rings is 2. The number of hydrogen-bond acceptors (Lipinski definition) is 18.